The first-order valence-electron chi connectivity index (χ1n) is 6.06. The highest BCUT2D eigenvalue weighted by molar-refractivity contribution is 5.87. The third-order valence-electron chi connectivity index (χ3n) is 3.19. The fraction of sp³-hybridized carbons (Fsp3) is 0.0714. The Kier molecular flexibility index (Phi) is 2.23. The van der Waals surface area contributed by atoms with Crippen LogP contribution in [0.4, 0.5) is 0 Å². The fourth-order valence-electron chi connectivity index (χ4n) is 2.23. The Bertz CT molecular complexity index is 877. The van der Waals surface area contributed by atoms with Crippen molar-refractivity contribution in [2.45, 2.75) is 0 Å². The maximum absolute atomic E-state index is 5.42. The standard InChI is InChI=1S/C14H10N4O2/c1-19-12-5-11-8(2-3-20-11)4-9(12)13-17-10-6-15-7-16-14(10)18-13/h2-7H,1H3,(H,15,16,17,18). The number of nitrogens with one attached hydrogen (secondary N) is 1. The number of aromatic nitrogens is 4. The van der Waals surface area contributed by atoms with Crippen molar-refractivity contribution < 1.29 is 9.15 Å². The van der Waals surface area contributed by atoms with Gasteiger partial charge in [-0.05, 0) is 12.1 Å². The van der Waals surface area contributed by atoms with Crippen molar-refractivity contribution in [2.24, 2.45) is 0 Å². The summed E-state index contributed by atoms with van der Waals surface area (Å²) in [5, 5.41) is 0.993. The van der Waals surface area contributed by atoms with Crippen LogP contribution in [0.3, 0.4) is 0 Å². The lowest BCUT2D eigenvalue weighted by Gasteiger charge is -2.05. The second-order valence-corrected chi connectivity index (χ2v) is 4.36. The fourth-order valence-corrected chi connectivity index (χ4v) is 2.23. The zero-order chi connectivity index (χ0) is 13.5. The van der Waals surface area contributed by atoms with Gasteiger partial charge >= 0.3 is 0 Å². The van der Waals surface area contributed by atoms with Gasteiger partial charge in [-0.1, -0.05) is 0 Å². The molecule has 0 atom stereocenters. The predicted octanol–water partition coefficient (Wildman–Crippen LogP) is 2.77. The van der Waals surface area contributed by atoms with E-state index in [1.54, 1.807) is 19.6 Å². The normalized spacial score (nSPS) is 11.2. The molecule has 20 heavy (non-hydrogen) atoms. The monoisotopic (exact) mass is 266 g/mol. The summed E-state index contributed by atoms with van der Waals surface area (Å²) in [7, 11) is 1.62. The molecule has 6 heteroatoms. The number of methoxy groups -OCH3 is 1. The van der Waals surface area contributed by atoms with E-state index in [0.29, 0.717) is 17.2 Å². The minimum atomic E-state index is 0.629. The van der Waals surface area contributed by atoms with Crippen molar-refractivity contribution >= 4 is 22.1 Å². The maximum Gasteiger partial charge on any atom is 0.181 e. The number of fused-ring (bicyclic) bond motifs is 2. The van der Waals surface area contributed by atoms with Crippen LogP contribution in [-0.4, -0.2) is 27.0 Å². The smallest absolute Gasteiger partial charge is 0.181 e. The number of nitrogens with zero attached hydrogens (tertiary/aromatic N) is 3. The lowest BCUT2D eigenvalue weighted by Crippen LogP contribution is -1.89. The molecule has 0 aliphatic heterocycles. The van der Waals surface area contributed by atoms with E-state index in [4.69, 9.17) is 9.15 Å². The molecule has 98 valence electrons. The second kappa shape index (κ2) is 4.06. The lowest BCUT2D eigenvalue weighted by molar-refractivity contribution is 0.416. The first-order valence-corrected chi connectivity index (χ1v) is 6.06. The van der Waals surface area contributed by atoms with Crippen LogP contribution in [-0.2, 0) is 0 Å². The average molecular weight is 266 g/mol. The molecule has 1 N–H and O–H groups in total. The molecule has 4 aromatic rings. The Balaban J connectivity index is 1.99. The summed E-state index contributed by atoms with van der Waals surface area (Å²) < 4.78 is 10.8. The summed E-state index contributed by atoms with van der Waals surface area (Å²) in [6, 6.07) is 5.73. The number of aromatic amines is 1. The maximum atomic E-state index is 5.42. The van der Waals surface area contributed by atoms with Gasteiger partial charge in [0.15, 0.2) is 5.65 Å². The van der Waals surface area contributed by atoms with E-state index in [9.17, 15) is 0 Å². The third-order valence-corrected chi connectivity index (χ3v) is 3.19. The molecule has 0 radical (unpaired) electrons. The van der Waals surface area contributed by atoms with Crippen molar-refractivity contribution in [3.63, 3.8) is 0 Å². The van der Waals surface area contributed by atoms with Gasteiger partial charge in [-0.25, -0.2) is 15.0 Å². The molecule has 0 spiro atoms. The van der Waals surface area contributed by atoms with Crippen molar-refractivity contribution in [3.05, 3.63) is 37.0 Å². The number of hydrogen-bond donors (Lipinski definition) is 1. The van der Waals surface area contributed by atoms with E-state index in [0.717, 1.165) is 22.0 Å². The Morgan fingerprint density at radius 2 is 2.25 bits per heavy atom. The molecule has 0 aliphatic carbocycles. The van der Waals surface area contributed by atoms with E-state index in [1.165, 1.54) is 6.33 Å². The first-order chi connectivity index (χ1) is 9.85. The van der Waals surface area contributed by atoms with Crippen LogP contribution >= 0.6 is 0 Å². The van der Waals surface area contributed by atoms with E-state index in [1.807, 2.05) is 18.2 Å². The Morgan fingerprint density at radius 1 is 1.30 bits per heavy atom. The Morgan fingerprint density at radius 3 is 3.10 bits per heavy atom. The number of hydrogen-bond acceptors (Lipinski definition) is 5. The molecule has 1 aromatic carbocycles. The van der Waals surface area contributed by atoms with Crippen molar-refractivity contribution in [1.82, 2.24) is 19.9 Å². The van der Waals surface area contributed by atoms with Gasteiger partial charge in [0, 0.05) is 11.5 Å². The Labute approximate surface area is 113 Å². The second-order valence-electron chi connectivity index (χ2n) is 4.36. The van der Waals surface area contributed by atoms with E-state index < -0.39 is 0 Å². The largest absolute Gasteiger partial charge is 0.496 e. The summed E-state index contributed by atoms with van der Waals surface area (Å²) in [6.45, 7) is 0. The van der Waals surface area contributed by atoms with Crippen LogP contribution in [0.5, 0.6) is 5.75 Å². The summed E-state index contributed by atoms with van der Waals surface area (Å²) in [5.74, 6) is 1.39. The summed E-state index contributed by atoms with van der Waals surface area (Å²) >= 11 is 0. The minimum Gasteiger partial charge on any atom is -0.496 e. The summed E-state index contributed by atoms with van der Waals surface area (Å²) in [4.78, 5) is 15.8. The van der Waals surface area contributed by atoms with Crippen LogP contribution in [0.15, 0.2) is 41.4 Å². The highest BCUT2D eigenvalue weighted by atomic mass is 16.5. The highest BCUT2D eigenvalue weighted by Gasteiger charge is 2.13. The molecule has 3 aromatic heterocycles. The van der Waals surface area contributed by atoms with E-state index in [-0.39, 0.29) is 0 Å². The SMILES string of the molecule is COc1cc2occc2cc1-c1nc2ncncc2[nH]1. The van der Waals surface area contributed by atoms with Crippen LogP contribution in [0.1, 0.15) is 0 Å². The molecule has 0 unspecified atom stereocenters. The first kappa shape index (κ1) is 11.0. The number of ether oxygens (including phenoxy) is 1. The predicted molar refractivity (Wildman–Crippen MR) is 73.4 cm³/mol. The molecular formula is C14H10N4O2. The number of furan rings is 1. The highest BCUT2D eigenvalue weighted by Crippen LogP contribution is 2.33. The molecular weight excluding hydrogens is 256 g/mol. The van der Waals surface area contributed by atoms with E-state index >= 15 is 0 Å². The van der Waals surface area contributed by atoms with Crippen LogP contribution in [0.2, 0.25) is 0 Å². The Hall–Kier alpha value is -2.89. The van der Waals surface area contributed by atoms with Crippen molar-refractivity contribution in [3.8, 4) is 17.1 Å². The zero-order valence-corrected chi connectivity index (χ0v) is 10.6. The number of rotatable bonds is 2. The van der Waals surface area contributed by atoms with Gasteiger partial charge in [-0.3, -0.25) is 0 Å². The molecule has 0 saturated carbocycles. The van der Waals surface area contributed by atoms with Gasteiger partial charge < -0.3 is 14.1 Å². The van der Waals surface area contributed by atoms with Gasteiger partial charge in [-0.2, -0.15) is 0 Å². The topological polar surface area (TPSA) is 76.8 Å². The molecule has 6 nitrogen and oxygen atoms in total. The minimum absolute atomic E-state index is 0.629. The number of imidazole rings is 1. The van der Waals surface area contributed by atoms with Crippen molar-refractivity contribution in [1.29, 1.82) is 0 Å². The van der Waals surface area contributed by atoms with Gasteiger partial charge in [0.05, 0.1) is 25.1 Å². The lowest BCUT2D eigenvalue weighted by atomic mass is 10.1. The van der Waals surface area contributed by atoms with Gasteiger partial charge in [0.2, 0.25) is 0 Å². The summed E-state index contributed by atoms with van der Waals surface area (Å²) in [6.07, 6.45) is 4.82. The molecule has 0 aliphatic rings. The van der Waals surface area contributed by atoms with Gasteiger partial charge in [0.25, 0.3) is 0 Å². The van der Waals surface area contributed by atoms with Crippen molar-refractivity contribution in [2.75, 3.05) is 7.11 Å². The zero-order valence-electron chi connectivity index (χ0n) is 10.6. The molecule has 0 bridgehead atoms. The third kappa shape index (κ3) is 1.55. The van der Waals surface area contributed by atoms with E-state index in [2.05, 4.69) is 19.9 Å². The molecule has 0 fully saturated rings. The average Bonchev–Trinajstić information content (AvgIpc) is 3.11. The van der Waals surface area contributed by atoms with Crippen LogP contribution < -0.4 is 4.74 Å². The molecule has 0 amide bonds. The quantitative estimate of drug-likeness (QED) is 0.603. The molecule has 0 saturated heterocycles. The number of benzene rings is 1. The summed E-state index contributed by atoms with van der Waals surface area (Å²) in [5.41, 5.74) is 3.06. The molecule has 3 heterocycles. The molecule has 4 rings (SSSR count). The van der Waals surface area contributed by atoms with Crippen LogP contribution in [0, 0.1) is 0 Å². The number of H-pyrrole nitrogens is 1. The van der Waals surface area contributed by atoms with Gasteiger partial charge in [0.1, 0.15) is 29.0 Å². The van der Waals surface area contributed by atoms with Gasteiger partial charge in [-0.15, -0.1) is 0 Å². The van der Waals surface area contributed by atoms with Crippen LogP contribution in [0.25, 0.3) is 33.5 Å².